The van der Waals surface area contributed by atoms with Crippen LogP contribution < -0.4 is 4.90 Å². The van der Waals surface area contributed by atoms with Gasteiger partial charge in [0.05, 0.1) is 12.7 Å². The fourth-order valence-corrected chi connectivity index (χ4v) is 2.24. The van der Waals surface area contributed by atoms with Crippen molar-refractivity contribution in [1.29, 1.82) is 0 Å². The predicted molar refractivity (Wildman–Crippen MR) is 82.4 cm³/mol. The molecule has 0 aliphatic rings. The van der Waals surface area contributed by atoms with E-state index in [0.717, 1.165) is 18.7 Å². The van der Waals surface area contributed by atoms with Gasteiger partial charge in [-0.05, 0) is 38.0 Å². The number of hydrogen-bond acceptors (Lipinski definition) is 4. The molecule has 1 N–H and O–H groups in total. The number of aryl methyl sites for hydroxylation is 1. The maximum absolute atomic E-state index is 13.8. The van der Waals surface area contributed by atoms with Crippen LogP contribution in [0.15, 0.2) is 12.1 Å². The largest absolute Gasteiger partial charge is 0.389 e. The summed E-state index contributed by atoms with van der Waals surface area (Å²) in [6, 6.07) is 3.21. The van der Waals surface area contributed by atoms with E-state index in [9.17, 15) is 9.50 Å². The highest BCUT2D eigenvalue weighted by Crippen LogP contribution is 2.29. The van der Waals surface area contributed by atoms with Crippen molar-refractivity contribution < 1.29 is 19.0 Å². The summed E-state index contributed by atoms with van der Waals surface area (Å²) in [7, 11) is 3.32. The molecule has 0 spiro atoms. The average molecular weight is 299 g/mol. The minimum Gasteiger partial charge on any atom is -0.389 e. The number of ether oxygens (including phenoxy) is 2. The summed E-state index contributed by atoms with van der Waals surface area (Å²) in [6.45, 7) is 6.06. The van der Waals surface area contributed by atoms with Crippen LogP contribution in [-0.2, 0) is 9.47 Å². The van der Waals surface area contributed by atoms with Crippen molar-refractivity contribution in [2.24, 2.45) is 0 Å². The molecule has 1 rings (SSSR count). The molecule has 0 saturated carbocycles. The third kappa shape index (κ3) is 5.26. The van der Waals surface area contributed by atoms with E-state index in [4.69, 9.17) is 9.47 Å². The topological polar surface area (TPSA) is 41.9 Å². The summed E-state index contributed by atoms with van der Waals surface area (Å²) in [5.41, 5.74) is 2.03. The van der Waals surface area contributed by atoms with Gasteiger partial charge in [0.15, 0.2) is 0 Å². The molecule has 0 unspecified atom stereocenters. The van der Waals surface area contributed by atoms with Crippen LogP contribution in [0.1, 0.15) is 30.6 Å². The number of rotatable bonds is 9. The average Bonchev–Trinajstić information content (AvgIpc) is 2.45. The number of aliphatic hydroxyl groups is 1. The van der Waals surface area contributed by atoms with Gasteiger partial charge in [0.2, 0.25) is 0 Å². The van der Waals surface area contributed by atoms with Crippen molar-refractivity contribution in [3.8, 4) is 0 Å². The van der Waals surface area contributed by atoms with Crippen molar-refractivity contribution in [3.63, 3.8) is 0 Å². The third-order valence-corrected chi connectivity index (χ3v) is 3.44. The number of methoxy groups -OCH3 is 2. The first-order chi connectivity index (χ1) is 10.0. The quantitative estimate of drug-likeness (QED) is 0.712. The number of benzene rings is 1. The fourth-order valence-electron chi connectivity index (χ4n) is 2.24. The van der Waals surface area contributed by atoms with E-state index in [1.807, 2.05) is 0 Å². The molecule has 0 heterocycles. The SMILES string of the molecule is COCCCN(CCOC)c1cc(C)c(F)cc1[C@@H](C)O. The number of aliphatic hydroxyl groups excluding tert-OH is 1. The van der Waals surface area contributed by atoms with Gasteiger partial charge < -0.3 is 19.5 Å². The lowest BCUT2D eigenvalue weighted by Crippen LogP contribution is -2.30. The van der Waals surface area contributed by atoms with E-state index < -0.39 is 6.10 Å². The lowest BCUT2D eigenvalue weighted by molar-refractivity contribution is 0.189. The Morgan fingerprint density at radius 2 is 1.86 bits per heavy atom. The zero-order valence-corrected chi connectivity index (χ0v) is 13.4. The molecule has 120 valence electrons. The summed E-state index contributed by atoms with van der Waals surface area (Å²) >= 11 is 0. The molecule has 0 saturated heterocycles. The number of halogens is 1. The first kappa shape index (κ1) is 17.9. The van der Waals surface area contributed by atoms with E-state index in [-0.39, 0.29) is 5.82 Å². The molecule has 0 radical (unpaired) electrons. The second-order valence-corrected chi connectivity index (χ2v) is 5.16. The van der Waals surface area contributed by atoms with Crippen LogP contribution in [0.25, 0.3) is 0 Å². The maximum Gasteiger partial charge on any atom is 0.126 e. The minimum absolute atomic E-state index is 0.293. The normalized spacial score (nSPS) is 12.5. The monoisotopic (exact) mass is 299 g/mol. The van der Waals surface area contributed by atoms with E-state index >= 15 is 0 Å². The zero-order valence-electron chi connectivity index (χ0n) is 13.4. The summed E-state index contributed by atoms with van der Waals surface area (Å²) in [5.74, 6) is -0.293. The van der Waals surface area contributed by atoms with Crippen molar-refractivity contribution >= 4 is 5.69 Å². The first-order valence-electron chi connectivity index (χ1n) is 7.22. The molecule has 5 heteroatoms. The molecule has 0 aliphatic heterocycles. The minimum atomic E-state index is -0.720. The number of nitrogens with zero attached hydrogens (tertiary/aromatic N) is 1. The van der Waals surface area contributed by atoms with E-state index in [1.165, 1.54) is 6.07 Å². The summed E-state index contributed by atoms with van der Waals surface area (Å²) in [4.78, 5) is 2.11. The van der Waals surface area contributed by atoms with Crippen LogP contribution in [-0.4, -0.2) is 45.6 Å². The van der Waals surface area contributed by atoms with Crippen molar-refractivity contribution in [3.05, 3.63) is 29.1 Å². The maximum atomic E-state index is 13.8. The molecule has 4 nitrogen and oxygen atoms in total. The van der Waals surface area contributed by atoms with Crippen LogP contribution in [0.2, 0.25) is 0 Å². The van der Waals surface area contributed by atoms with Gasteiger partial charge >= 0.3 is 0 Å². The standard InChI is InChI=1S/C16H26FNO3/c1-12-10-16(14(13(2)19)11-15(12)17)18(7-9-21-4)6-5-8-20-3/h10-11,13,19H,5-9H2,1-4H3/t13-/m1/s1. The Balaban J connectivity index is 3.05. The molecule has 21 heavy (non-hydrogen) atoms. The van der Waals surface area contributed by atoms with Gasteiger partial charge in [0, 0.05) is 45.2 Å². The second-order valence-electron chi connectivity index (χ2n) is 5.16. The lowest BCUT2D eigenvalue weighted by Gasteiger charge is -2.28. The third-order valence-electron chi connectivity index (χ3n) is 3.44. The highest BCUT2D eigenvalue weighted by molar-refractivity contribution is 5.56. The molecule has 1 atom stereocenters. The summed E-state index contributed by atoms with van der Waals surface area (Å²) < 4.78 is 24.0. The molecule has 0 fully saturated rings. The van der Waals surface area contributed by atoms with Crippen molar-refractivity contribution in [2.75, 3.05) is 45.4 Å². The van der Waals surface area contributed by atoms with Gasteiger partial charge in [0.1, 0.15) is 5.82 Å². The molecule has 1 aromatic rings. The Kier molecular flexibility index (Phi) is 7.64. The van der Waals surface area contributed by atoms with E-state index in [2.05, 4.69) is 4.90 Å². The Morgan fingerprint density at radius 1 is 1.19 bits per heavy atom. The van der Waals surface area contributed by atoms with Gasteiger partial charge in [-0.25, -0.2) is 4.39 Å². The van der Waals surface area contributed by atoms with Crippen LogP contribution >= 0.6 is 0 Å². The fraction of sp³-hybridized carbons (Fsp3) is 0.625. The van der Waals surface area contributed by atoms with Gasteiger partial charge in [-0.2, -0.15) is 0 Å². The Hall–Kier alpha value is -1.17. The molecule has 0 bridgehead atoms. The highest BCUT2D eigenvalue weighted by Gasteiger charge is 2.17. The van der Waals surface area contributed by atoms with Crippen molar-refractivity contribution in [1.82, 2.24) is 0 Å². The predicted octanol–water partition coefficient (Wildman–Crippen LogP) is 2.68. The second kappa shape index (κ2) is 8.97. The van der Waals surface area contributed by atoms with Gasteiger partial charge in [-0.3, -0.25) is 0 Å². The molecular formula is C16H26FNO3. The van der Waals surface area contributed by atoms with Crippen LogP contribution in [0.3, 0.4) is 0 Å². The Bertz CT molecular complexity index is 438. The van der Waals surface area contributed by atoms with E-state index in [1.54, 1.807) is 34.1 Å². The Morgan fingerprint density at radius 3 is 2.43 bits per heavy atom. The number of anilines is 1. The van der Waals surface area contributed by atoms with E-state index in [0.29, 0.717) is 30.9 Å². The van der Waals surface area contributed by atoms with Gasteiger partial charge in [-0.15, -0.1) is 0 Å². The zero-order chi connectivity index (χ0) is 15.8. The van der Waals surface area contributed by atoms with Crippen LogP contribution in [0, 0.1) is 12.7 Å². The van der Waals surface area contributed by atoms with Crippen LogP contribution in [0.4, 0.5) is 10.1 Å². The van der Waals surface area contributed by atoms with Crippen LogP contribution in [0.5, 0.6) is 0 Å². The van der Waals surface area contributed by atoms with Gasteiger partial charge in [0.25, 0.3) is 0 Å². The van der Waals surface area contributed by atoms with Gasteiger partial charge in [-0.1, -0.05) is 0 Å². The Labute approximate surface area is 126 Å². The molecule has 0 aromatic heterocycles. The molecule has 0 aliphatic carbocycles. The molecular weight excluding hydrogens is 273 g/mol. The first-order valence-corrected chi connectivity index (χ1v) is 7.22. The molecule has 1 aromatic carbocycles. The van der Waals surface area contributed by atoms with Crippen molar-refractivity contribution in [2.45, 2.75) is 26.4 Å². The lowest BCUT2D eigenvalue weighted by atomic mass is 10.0. The molecule has 0 amide bonds. The highest BCUT2D eigenvalue weighted by atomic mass is 19.1. The summed E-state index contributed by atoms with van der Waals surface area (Å²) in [6.07, 6.45) is 0.137. The smallest absolute Gasteiger partial charge is 0.126 e. The number of hydrogen-bond donors (Lipinski definition) is 1. The summed E-state index contributed by atoms with van der Waals surface area (Å²) in [5, 5.41) is 9.92.